The summed E-state index contributed by atoms with van der Waals surface area (Å²) in [6.45, 7) is 0. The van der Waals surface area contributed by atoms with Gasteiger partial charge in [0.1, 0.15) is 17.2 Å². The Labute approximate surface area is 217 Å². The van der Waals surface area contributed by atoms with Gasteiger partial charge in [-0.15, -0.1) is 0 Å². The molecular weight excluding hydrogens is 530 g/mol. The molecule has 1 saturated carbocycles. The molecule has 1 aliphatic rings. The molecule has 1 fully saturated rings. The highest BCUT2D eigenvalue weighted by Crippen LogP contribution is 2.37. The van der Waals surface area contributed by atoms with Crippen LogP contribution in [0, 0.1) is 0 Å². The molecule has 2 aromatic heterocycles. The number of aromatic nitrogens is 2. The number of halogens is 2. The van der Waals surface area contributed by atoms with Gasteiger partial charge >= 0.3 is 5.97 Å². The number of carbonyl (C=O) groups is 1. The van der Waals surface area contributed by atoms with E-state index in [2.05, 4.69) is 25.6 Å². The van der Waals surface area contributed by atoms with Crippen molar-refractivity contribution in [3.05, 3.63) is 75.9 Å². The summed E-state index contributed by atoms with van der Waals surface area (Å²) in [7, 11) is 1.56. The zero-order chi connectivity index (χ0) is 24.4. The summed E-state index contributed by atoms with van der Waals surface area (Å²) < 4.78 is 14.3. The van der Waals surface area contributed by atoms with Crippen molar-refractivity contribution in [3.8, 4) is 22.8 Å². The van der Waals surface area contributed by atoms with E-state index in [0.717, 1.165) is 40.0 Å². The molecule has 2 heterocycles. The molecule has 0 atom stereocenters. The van der Waals surface area contributed by atoms with Gasteiger partial charge in [-0.3, -0.25) is 4.40 Å². The van der Waals surface area contributed by atoms with Crippen LogP contribution >= 0.6 is 27.5 Å². The van der Waals surface area contributed by atoms with Crippen LogP contribution in [0.4, 0.5) is 5.82 Å². The summed E-state index contributed by atoms with van der Waals surface area (Å²) in [6, 6.07) is 16.4. The number of anilines is 1. The molecule has 4 aromatic rings. The minimum atomic E-state index is -0.482. The largest absolute Gasteiger partial charge is 0.493 e. The van der Waals surface area contributed by atoms with Crippen molar-refractivity contribution >= 4 is 45.0 Å². The molecule has 0 amide bonds. The Morgan fingerprint density at radius 3 is 2.57 bits per heavy atom. The second-order valence-electron chi connectivity index (χ2n) is 8.63. The van der Waals surface area contributed by atoms with E-state index in [4.69, 9.17) is 26.1 Å². The SMILES string of the molecule is COc1cc(-c2nc3ccc(Br)cn3c2NC2CCCCC2)ccc1OC(=O)c1ccc(Cl)cc1. The van der Waals surface area contributed by atoms with Gasteiger partial charge in [0.2, 0.25) is 0 Å². The Morgan fingerprint density at radius 2 is 1.83 bits per heavy atom. The minimum Gasteiger partial charge on any atom is -0.493 e. The van der Waals surface area contributed by atoms with Crippen LogP contribution in [0.5, 0.6) is 11.5 Å². The van der Waals surface area contributed by atoms with E-state index in [1.54, 1.807) is 37.4 Å². The van der Waals surface area contributed by atoms with Crippen LogP contribution < -0.4 is 14.8 Å². The Kier molecular flexibility index (Phi) is 6.97. The third-order valence-electron chi connectivity index (χ3n) is 6.25. The number of hydrogen-bond acceptors (Lipinski definition) is 5. The predicted octanol–water partition coefficient (Wildman–Crippen LogP) is 7.39. The highest BCUT2D eigenvalue weighted by molar-refractivity contribution is 9.10. The van der Waals surface area contributed by atoms with E-state index >= 15 is 0 Å². The van der Waals surface area contributed by atoms with E-state index in [1.807, 2.05) is 30.5 Å². The molecule has 1 aliphatic carbocycles. The van der Waals surface area contributed by atoms with E-state index < -0.39 is 5.97 Å². The lowest BCUT2D eigenvalue weighted by atomic mass is 9.95. The Morgan fingerprint density at radius 1 is 1.06 bits per heavy atom. The van der Waals surface area contributed by atoms with Crippen molar-refractivity contribution < 1.29 is 14.3 Å². The summed E-state index contributed by atoms with van der Waals surface area (Å²) >= 11 is 9.51. The van der Waals surface area contributed by atoms with Crippen LogP contribution in [0.15, 0.2) is 65.3 Å². The fraction of sp³-hybridized carbons (Fsp3) is 0.259. The van der Waals surface area contributed by atoms with Gasteiger partial charge in [-0.05, 0) is 83.4 Å². The standard InChI is InChI=1S/C27H25BrClN3O3/c1-34-23-15-18(9-13-22(23)35-27(33)17-7-11-20(29)12-8-17)25-26(30-21-5-3-2-4-6-21)32-16-19(28)10-14-24(32)31-25/h7-16,21,30H,2-6H2,1H3. The Bertz CT molecular complexity index is 1360. The third kappa shape index (κ3) is 5.16. The van der Waals surface area contributed by atoms with Crippen molar-refractivity contribution in [3.63, 3.8) is 0 Å². The second kappa shape index (κ2) is 10.3. The molecule has 2 aromatic carbocycles. The summed E-state index contributed by atoms with van der Waals surface area (Å²) in [5, 5.41) is 4.31. The third-order valence-corrected chi connectivity index (χ3v) is 6.97. The van der Waals surface area contributed by atoms with Gasteiger partial charge in [0.15, 0.2) is 11.5 Å². The molecule has 0 unspecified atom stereocenters. The monoisotopic (exact) mass is 553 g/mol. The lowest BCUT2D eigenvalue weighted by Crippen LogP contribution is -2.23. The molecule has 0 bridgehead atoms. The highest BCUT2D eigenvalue weighted by Gasteiger charge is 2.21. The molecule has 1 N–H and O–H groups in total. The normalized spacial score (nSPS) is 14.1. The van der Waals surface area contributed by atoms with E-state index in [9.17, 15) is 4.79 Å². The number of imidazole rings is 1. The van der Waals surface area contributed by atoms with Crippen molar-refractivity contribution in [2.24, 2.45) is 0 Å². The number of rotatable bonds is 6. The highest BCUT2D eigenvalue weighted by atomic mass is 79.9. The number of carbonyl (C=O) groups excluding carboxylic acids is 1. The maximum Gasteiger partial charge on any atom is 0.343 e. The van der Waals surface area contributed by atoms with Gasteiger partial charge in [0.05, 0.1) is 12.7 Å². The lowest BCUT2D eigenvalue weighted by Gasteiger charge is -2.24. The van der Waals surface area contributed by atoms with Gasteiger partial charge < -0.3 is 14.8 Å². The first kappa shape index (κ1) is 23.7. The van der Waals surface area contributed by atoms with E-state index in [1.165, 1.54) is 19.3 Å². The molecule has 180 valence electrons. The number of ether oxygens (including phenoxy) is 2. The molecule has 5 rings (SSSR count). The maximum absolute atomic E-state index is 12.6. The molecular formula is C27H25BrClN3O3. The van der Waals surface area contributed by atoms with Crippen LogP contribution in [0.1, 0.15) is 42.5 Å². The van der Waals surface area contributed by atoms with Crippen LogP contribution in [0.3, 0.4) is 0 Å². The van der Waals surface area contributed by atoms with Gasteiger partial charge in [0, 0.05) is 27.3 Å². The fourth-order valence-corrected chi connectivity index (χ4v) is 4.91. The van der Waals surface area contributed by atoms with Gasteiger partial charge in [-0.25, -0.2) is 9.78 Å². The van der Waals surface area contributed by atoms with Crippen molar-refractivity contribution in [1.82, 2.24) is 9.38 Å². The summed E-state index contributed by atoms with van der Waals surface area (Å²) in [5.41, 5.74) is 2.94. The van der Waals surface area contributed by atoms with Crippen molar-refractivity contribution in [2.75, 3.05) is 12.4 Å². The van der Waals surface area contributed by atoms with Gasteiger partial charge in [0.25, 0.3) is 0 Å². The first-order chi connectivity index (χ1) is 17.0. The molecule has 6 nitrogen and oxygen atoms in total. The van der Waals surface area contributed by atoms with Crippen LogP contribution in [-0.4, -0.2) is 28.5 Å². The number of benzene rings is 2. The van der Waals surface area contributed by atoms with Crippen LogP contribution in [-0.2, 0) is 0 Å². The molecule has 0 spiro atoms. The number of fused-ring (bicyclic) bond motifs is 1. The topological polar surface area (TPSA) is 64.9 Å². The average molecular weight is 555 g/mol. The predicted molar refractivity (Wildman–Crippen MR) is 142 cm³/mol. The van der Waals surface area contributed by atoms with Crippen molar-refractivity contribution in [2.45, 2.75) is 38.1 Å². The minimum absolute atomic E-state index is 0.337. The Hall–Kier alpha value is -3.03. The number of hydrogen-bond donors (Lipinski definition) is 1. The van der Waals surface area contributed by atoms with Crippen LogP contribution in [0.2, 0.25) is 5.02 Å². The number of nitrogens with one attached hydrogen (secondary N) is 1. The number of methoxy groups -OCH3 is 1. The number of nitrogens with zero attached hydrogens (tertiary/aromatic N) is 2. The summed E-state index contributed by atoms with van der Waals surface area (Å²) in [6.07, 6.45) is 8.06. The number of esters is 1. The summed E-state index contributed by atoms with van der Waals surface area (Å²) in [5.74, 6) is 1.25. The molecule has 8 heteroatoms. The van der Waals surface area contributed by atoms with E-state index in [0.29, 0.717) is 28.1 Å². The molecule has 0 aliphatic heterocycles. The summed E-state index contributed by atoms with van der Waals surface area (Å²) in [4.78, 5) is 17.5. The van der Waals surface area contributed by atoms with Crippen LogP contribution in [0.25, 0.3) is 16.9 Å². The first-order valence-corrected chi connectivity index (χ1v) is 12.8. The zero-order valence-electron chi connectivity index (χ0n) is 19.3. The first-order valence-electron chi connectivity index (χ1n) is 11.6. The maximum atomic E-state index is 12.6. The molecule has 35 heavy (non-hydrogen) atoms. The van der Waals surface area contributed by atoms with Crippen molar-refractivity contribution in [1.29, 1.82) is 0 Å². The zero-order valence-corrected chi connectivity index (χ0v) is 21.6. The smallest absolute Gasteiger partial charge is 0.343 e. The quantitative estimate of drug-likeness (QED) is 0.199. The van der Waals surface area contributed by atoms with Gasteiger partial charge in [-0.2, -0.15) is 0 Å². The fourth-order valence-electron chi connectivity index (χ4n) is 4.44. The Balaban J connectivity index is 1.49. The molecule has 0 radical (unpaired) electrons. The van der Waals surface area contributed by atoms with Gasteiger partial charge in [-0.1, -0.05) is 30.9 Å². The average Bonchev–Trinajstić information content (AvgIpc) is 3.22. The van der Waals surface area contributed by atoms with E-state index in [-0.39, 0.29) is 0 Å². The molecule has 0 saturated heterocycles. The lowest BCUT2D eigenvalue weighted by molar-refractivity contribution is 0.0730. The second-order valence-corrected chi connectivity index (χ2v) is 9.98. The number of pyridine rings is 1.